The highest BCUT2D eigenvalue weighted by atomic mass is 32.1. The standard InChI is InChI=1S/C24H25N3O2S/c1-2-25-23(29)24(12-14-27(17-24)22(28)20-10-5-6-13-26-20)16-18-8-3-4-9-19(18)21-11-7-15-30-21/h3-11,13,15H,2,12,14,16-17H2,1H3,(H,25,29). The molecule has 0 saturated carbocycles. The van der Waals surface area contributed by atoms with E-state index in [9.17, 15) is 9.59 Å². The summed E-state index contributed by atoms with van der Waals surface area (Å²) in [7, 11) is 0. The maximum absolute atomic E-state index is 13.2. The number of nitrogens with one attached hydrogen (secondary N) is 1. The minimum absolute atomic E-state index is 0.0160. The van der Waals surface area contributed by atoms with E-state index in [0.717, 1.165) is 11.1 Å². The lowest BCUT2D eigenvalue weighted by atomic mass is 9.78. The molecule has 2 amide bonds. The van der Waals surface area contributed by atoms with Crippen molar-refractivity contribution in [2.45, 2.75) is 19.8 Å². The minimum atomic E-state index is -0.645. The van der Waals surface area contributed by atoms with Crippen molar-refractivity contribution < 1.29 is 9.59 Å². The first kappa shape index (κ1) is 20.3. The first-order chi connectivity index (χ1) is 14.6. The topological polar surface area (TPSA) is 62.3 Å². The molecule has 4 rings (SSSR count). The van der Waals surface area contributed by atoms with Gasteiger partial charge in [0.2, 0.25) is 5.91 Å². The Hall–Kier alpha value is -2.99. The third kappa shape index (κ3) is 4.00. The molecule has 1 unspecified atom stereocenters. The fourth-order valence-electron chi connectivity index (χ4n) is 4.17. The van der Waals surface area contributed by atoms with Gasteiger partial charge in [-0.1, -0.05) is 36.4 Å². The van der Waals surface area contributed by atoms with Crippen LogP contribution in [0.15, 0.2) is 66.2 Å². The molecular formula is C24H25N3O2S. The summed E-state index contributed by atoms with van der Waals surface area (Å²) >= 11 is 1.70. The van der Waals surface area contributed by atoms with Crippen LogP contribution in [0.4, 0.5) is 0 Å². The summed E-state index contributed by atoms with van der Waals surface area (Å²) < 4.78 is 0. The van der Waals surface area contributed by atoms with Crippen LogP contribution in [-0.4, -0.2) is 41.3 Å². The normalized spacial score (nSPS) is 18.4. The van der Waals surface area contributed by atoms with Crippen molar-refractivity contribution in [2.75, 3.05) is 19.6 Å². The van der Waals surface area contributed by atoms with E-state index in [1.54, 1.807) is 34.6 Å². The van der Waals surface area contributed by atoms with E-state index >= 15 is 0 Å². The summed E-state index contributed by atoms with van der Waals surface area (Å²) in [5.41, 5.74) is 2.07. The number of carbonyl (C=O) groups excluding carboxylic acids is 2. The predicted molar refractivity (Wildman–Crippen MR) is 119 cm³/mol. The SMILES string of the molecule is CCNC(=O)C1(Cc2ccccc2-c2cccs2)CCN(C(=O)c2ccccn2)C1. The summed E-state index contributed by atoms with van der Waals surface area (Å²) in [5.74, 6) is -0.101. The van der Waals surface area contributed by atoms with Crippen LogP contribution in [0.5, 0.6) is 0 Å². The lowest BCUT2D eigenvalue weighted by Crippen LogP contribution is -2.45. The molecule has 0 spiro atoms. The molecule has 1 aliphatic rings. The van der Waals surface area contributed by atoms with E-state index in [-0.39, 0.29) is 11.8 Å². The molecule has 3 aromatic rings. The third-order valence-electron chi connectivity index (χ3n) is 5.68. The number of rotatable bonds is 6. The van der Waals surface area contributed by atoms with Crippen LogP contribution >= 0.6 is 11.3 Å². The summed E-state index contributed by atoms with van der Waals surface area (Å²) in [6, 6.07) is 17.7. The third-order valence-corrected chi connectivity index (χ3v) is 6.58. The van der Waals surface area contributed by atoms with Gasteiger partial charge in [0.25, 0.3) is 5.91 Å². The fourth-order valence-corrected chi connectivity index (χ4v) is 4.95. The van der Waals surface area contributed by atoms with Gasteiger partial charge in [0.15, 0.2) is 0 Å². The van der Waals surface area contributed by atoms with Crippen molar-refractivity contribution >= 4 is 23.2 Å². The molecule has 1 atom stereocenters. The minimum Gasteiger partial charge on any atom is -0.356 e. The molecule has 1 fully saturated rings. The number of amides is 2. The molecule has 154 valence electrons. The van der Waals surface area contributed by atoms with Gasteiger partial charge >= 0.3 is 0 Å². The maximum atomic E-state index is 13.2. The second-order valence-corrected chi connectivity index (χ2v) is 8.59. The van der Waals surface area contributed by atoms with Gasteiger partial charge in [-0.25, -0.2) is 0 Å². The Morgan fingerprint density at radius 1 is 1.13 bits per heavy atom. The second kappa shape index (κ2) is 8.79. The van der Waals surface area contributed by atoms with E-state index in [0.29, 0.717) is 38.2 Å². The zero-order valence-corrected chi connectivity index (χ0v) is 17.8. The summed E-state index contributed by atoms with van der Waals surface area (Å²) in [6.07, 6.45) is 2.85. The number of carbonyl (C=O) groups is 2. The van der Waals surface area contributed by atoms with Crippen LogP contribution in [-0.2, 0) is 11.2 Å². The average molecular weight is 420 g/mol. The molecule has 0 bridgehead atoms. The predicted octanol–water partition coefficient (Wildman–Crippen LogP) is 4.02. The van der Waals surface area contributed by atoms with Crippen molar-refractivity contribution in [2.24, 2.45) is 5.41 Å². The molecule has 6 heteroatoms. The van der Waals surface area contributed by atoms with E-state index < -0.39 is 5.41 Å². The Morgan fingerprint density at radius 2 is 1.97 bits per heavy atom. The van der Waals surface area contributed by atoms with E-state index in [2.05, 4.69) is 33.9 Å². The quantitative estimate of drug-likeness (QED) is 0.656. The van der Waals surface area contributed by atoms with Crippen molar-refractivity contribution in [1.29, 1.82) is 0 Å². The van der Waals surface area contributed by atoms with Crippen LogP contribution in [0, 0.1) is 5.41 Å². The number of likely N-dealkylation sites (tertiary alicyclic amines) is 1. The Labute approximate surface area is 180 Å². The maximum Gasteiger partial charge on any atom is 0.272 e. The number of aromatic nitrogens is 1. The molecule has 0 radical (unpaired) electrons. The number of benzene rings is 1. The van der Waals surface area contributed by atoms with Crippen LogP contribution < -0.4 is 5.32 Å². The second-order valence-electron chi connectivity index (χ2n) is 7.64. The lowest BCUT2D eigenvalue weighted by Gasteiger charge is -2.29. The van der Waals surface area contributed by atoms with Gasteiger partial charge in [0, 0.05) is 30.7 Å². The molecule has 5 nitrogen and oxygen atoms in total. The van der Waals surface area contributed by atoms with Gasteiger partial charge in [-0.3, -0.25) is 14.6 Å². The molecule has 3 heterocycles. The summed E-state index contributed by atoms with van der Waals surface area (Å²) in [6.45, 7) is 3.44. The number of hydrogen-bond donors (Lipinski definition) is 1. The Kier molecular flexibility index (Phi) is 5.95. The zero-order chi connectivity index (χ0) is 21.0. The fraction of sp³-hybridized carbons (Fsp3) is 0.292. The Balaban J connectivity index is 1.64. The molecule has 1 aromatic carbocycles. The van der Waals surface area contributed by atoms with Gasteiger partial charge in [0.05, 0.1) is 5.41 Å². The van der Waals surface area contributed by atoms with Crippen LogP contribution in [0.25, 0.3) is 10.4 Å². The first-order valence-electron chi connectivity index (χ1n) is 10.2. The number of nitrogens with zero attached hydrogens (tertiary/aromatic N) is 2. The molecule has 2 aromatic heterocycles. The van der Waals surface area contributed by atoms with Crippen LogP contribution in [0.3, 0.4) is 0 Å². The lowest BCUT2D eigenvalue weighted by molar-refractivity contribution is -0.130. The monoisotopic (exact) mass is 419 g/mol. The molecule has 1 aliphatic heterocycles. The number of hydrogen-bond acceptors (Lipinski definition) is 4. The highest BCUT2D eigenvalue weighted by Gasteiger charge is 2.46. The molecule has 1 saturated heterocycles. The molecule has 0 aliphatic carbocycles. The Bertz CT molecular complexity index is 1020. The van der Waals surface area contributed by atoms with Crippen molar-refractivity contribution in [3.8, 4) is 10.4 Å². The molecule has 1 N–H and O–H groups in total. The van der Waals surface area contributed by atoms with Crippen molar-refractivity contribution in [1.82, 2.24) is 15.2 Å². The van der Waals surface area contributed by atoms with Gasteiger partial charge in [0.1, 0.15) is 5.69 Å². The largest absolute Gasteiger partial charge is 0.356 e. The summed E-state index contributed by atoms with van der Waals surface area (Å²) in [5, 5.41) is 5.08. The smallest absolute Gasteiger partial charge is 0.272 e. The number of thiophene rings is 1. The van der Waals surface area contributed by atoms with Gasteiger partial charge in [-0.05, 0) is 54.5 Å². The van der Waals surface area contributed by atoms with E-state index in [1.165, 1.54) is 4.88 Å². The highest BCUT2D eigenvalue weighted by Crippen LogP contribution is 2.38. The van der Waals surface area contributed by atoms with Crippen molar-refractivity contribution in [3.63, 3.8) is 0 Å². The average Bonchev–Trinajstić information content (AvgIpc) is 3.46. The number of pyridine rings is 1. The van der Waals surface area contributed by atoms with Gasteiger partial charge in [-0.15, -0.1) is 11.3 Å². The van der Waals surface area contributed by atoms with Gasteiger partial charge in [-0.2, -0.15) is 0 Å². The molecule has 30 heavy (non-hydrogen) atoms. The van der Waals surface area contributed by atoms with E-state index in [1.807, 2.05) is 31.2 Å². The van der Waals surface area contributed by atoms with E-state index in [4.69, 9.17) is 0 Å². The summed E-state index contributed by atoms with van der Waals surface area (Å²) in [4.78, 5) is 33.3. The highest BCUT2D eigenvalue weighted by molar-refractivity contribution is 7.13. The zero-order valence-electron chi connectivity index (χ0n) is 17.0. The van der Waals surface area contributed by atoms with Crippen LogP contribution in [0.1, 0.15) is 29.4 Å². The molecular weight excluding hydrogens is 394 g/mol. The Morgan fingerprint density at radius 3 is 2.70 bits per heavy atom. The first-order valence-corrected chi connectivity index (χ1v) is 11.1. The van der Waals surface area contributed by atoms with Crippen molar-refractivity contribution in [3.05, 3.63) is 77.4 Å². The van der Waals surface area contributed by atoms with Gasteiger partial charge < -0.3 is 10.2 Å². The van der Waals surface area contributed by atoms with Crippen LogP contribution in [0.2, 0.25) is 0 Å².